The summed E-state index contributed by atoms with van der Waals surface area (Å²) in [6.45, 7) is 5.89. The first kappa shape index (κ1) is 16.9. The van der Waals surface area contributed by atoms with E-state index in [1.807, 2.05) is 0 Å². The minimum absolute atomic E-state index is 0. The highest BCUT2D eigenvalue weighted by atomic mass is 35.5. The minimum atomic E-state index is 0. The van der Waals surface area contributed by atoms with Crippen molar-refractivity contribution >= 4 is 18.3 Å². The third-order valence-corrected chi connectivity index (χ3v) is 3.54. The van der Waals surface area contributed by atoms with E-state index in [9.17, 15) is 4.79 Å². The van der Waals surface area contributed by atoms with Crippen LogP contribution in [0.1, 0.15) is 37.9 Å². The van der Waals surface area contributed by atoms with Gasteiger partial charge < -0.3 is 15.2 Å². The third-order valence-electron chi connectivity index (χ3n) is 3.54. The second-order valence-electron chi connectivity index (χ2n) is 5.23. The molecule has 1 saturated heterocycles. The molecule has 1 aromatic heterocycles. The van der Waals surface area contributed by atoms with Crippen molar-refractivity contribution in [3.05, 3.63) is 11.7 Å². The van der Waals surface area contributed by atoms with Crippen LogP contribution in [0.15, 0.2) is 4.52 Å². The number of rotatable bonds is 5. The van der Waals surface area contributed by atoms with E-state index in [2.05, 4.69) is 27.7 Å². The maximum absolute atomic E-state index is 11.8. The number of aryl methyl sites for hydroxylation is 2. The summed E-state index contributed by atoms with van der Waals surface area (Å²) in [6.07, 6.45) is 3.02. The van der Waals surface area contributed by atoms with Gasteiger partial charge in [-0.1, -0.05) is 12.1 Å². The zero-order valence-corrected chi connectivity index (χ0v) is 12.8. The van der Waals surface area contributed by atoms with Crippen LogP contribution in [0.5, 0.6) is 0 Å². The molecule has 0 radical (unpaired) electrons. The number of hydrogen-bond donors (Lipinski definition) is 2. The number of piperidine rings is 1. The van der Waals surface area contributed by atoms with E-state index in [0.29, 0.717) is 30.5 Å². The molecule has 0 bridgehead atoms. The first-order valence-corrected chi connectivity index (χ1v) is 6.94. The van der Waals surface area contributed by atoms with Gasteiger partial charge in [0, 0.05) is 25.4 Å². The SMILES string of the molecule is Cc1noc(CCCC(=O)NC2CNCCC2C)n1.Cl. The van der Waals surface area contributed by atoms with Gasteiger partial charge in [-0.3, -0.25) is 4.79 Å². The van der Waals surface area contributed by atoms with Crippen molar-refractivity contribution in [1.29, 1.82) is 0 Å². The summed E-state index contributed by atoms with van der Waals surface area (Å²) in [5, 5.41) is 10.1. The van der Waals surface area contributed by atoms with Crippen LogP contribution < -0.4 is 10.6 Å². The molecule has 2 unspecified atom stereocenters. The van der Waals surface area contributed by atoms with Crippen LogP contribution in [0, 0.1) is 12.8 Å². The summed E-state index contributed by atoms with van der Waals surface area (Å²) in [4.78, 5) is 16.0. The lowest BCUT2D eigenvalue weighted by molar-refractivity contribution is -0.122. The van der Waals surface area contributed by atoms with E-state index in [0.717, 1.165) is 25.9 Å². The van der Waals surface area contributed by atoms with Gasteiger partial charge in [0.15, 0.2) is 5.82 Å². The van der Waals surface area contributed by atoms with Gasteiger partial charge in [-0.05, 0) is 32.2 Å². The van der Waals surface area contributed by atoms with E-state index in [1.54, 1.807) is 6.92 Å². The van der Waals surface area contributed by atoms with Gasteiger partial charge in [-0.2, -0.15) is 4.98 Å². The van der Waals surface area contributed by atoms with Crippen molar-refractivity contribution in [3.63, 3.8) is 0 Å². The van der Waals surface area contributed by atoms with E-state index in [1.165, 1.54) is 0 Å². The molecule has 0 spiro atoms. The van der Waals surface area contributed by atoms with Crippen LogP contribution in [0.25, 0.3) is 0 Å². The van der Waals surface area contributed by atoms with Crippen molar-refractivity contribution in [2.75, 3.05) is 13.1 Å². The van der Waals surface area contributed by atoms with Crippen molar-refractivity contribution in [3.8, 4) is 0 Å². The van der Waals surface area contributed by atoms with E-state index < -0.39 is 0 Å². The molecule has 0 aromatic carbocycles. The lowest BCUT2D eigenvalue weighted by Gasteiger charge is -2.30. The lowest BCUT2D eigenvalue weighted by atomic mass is 9.94. The predicted molar refractivity (Wildman–Crippen MR) is 77.8 cm³/mol. The monoisotopic (exact) mass is 302 g/mol. The molecule has 1 aliphatic heterocycles. The van der Waals surface area contributed by atoms with Crippen molar-refractivity contribution in [2.24, 2.45) is 5.92 Å². The number of carbonyl (C=O) groups is 1. The molecule has 20 heavy (non-hydrogen) atoms. The Morgan fingerprint density at radius 2 is 2.35 bits per heavy atom. The smallest absolute Gasteiger partial charge is 0.226 e. The number of nitrogens with zero attached hydrogens (tertiary/aromatic N) is 2. The quantitative estimate of drug-likeness (QED) is 0.855. The standard InChI is InChI=1S/C13H22N4O2.ClH/c1-9-6-7-14-8-11(9)16-12(18)4-3-5-13-15-10(2)17-19-13;/h9,11,14H,3-8H2,1-2H3,(H,16,18);1H. The number of halogens is 1. The maximum atomic E-state index is 11.8. The molecule has 2 N–H and O–H groups in total. The van der Waals surface area contributed by atoms with E-state index in [4.69, 9.17) is 4.52 Å². The fourth-order valence-corrected chi connectivity index (χ4v) is 2.30. The molecule has 114 valence electrons. The molecule has 0 aliphatic carbocycles. The molecular formula is C13H23ClN4O2. The second kappa shape index (κ2) is 8.21. The number of aromatic nitrogens is 2. The summed E-state index contributed by atoms with van der Waals surface area (Å²) < 4.78 is 5.01. The van der Waals surface area contributed by atoms with Crippen molar-refractivity contribution < 1.29 is 9.32 Å². The first-order valence-electron chi connectivity index (χ1n) is 6.94. The topological polar surface area (TPSA) is 80.0 Å². The molecule has 1 fully saturated rings. The summed E-state index contributed by atoms with van der Waals surface area (Å²) in [6, 6.07) is 0.256. The Balaban J connectivity index is 0.00000200. The number of carbonyl (C=O) groups excluding carboxylic acids is 1. The zero-order valence-electron chi connectivity index (χ0n) is 12.0. The Labute approximate surface area is 125 Å². The molecule has 2 atom stereocenters. The Kier molecular flexibility index (Phi) is 6.95. The average molecular weight is 303 g/mol. The lowest BCUT2D eigenvalue weighted by Crippen LogP contribution is -2.50. The summed E-state index contributed by atoms with van der Waals surface area (Å²) in [7, 11) is 0. The van der Waals surface area contributed by atoms with E-state index >= 15 is 0 Å². The number of nitrogens with one attached hydrogen (secondary N) is 2. The van der Waals surface area contributed by atoms with Crippen molar-refractivity contribution in [2.45, 2.75) is 45.6 Å². The molecular weight excluding hydrogens is 280 g/mol. The predicted octanol–water partition coefficient (Wildman–Crippen LogP) is 1.24. The molecule has 2 rings (SSSR count). The highest BCUT2D eigenvalue weighted by Gasteiger charge is 2.22. The van der Waals surface area contributed by atoms with Crippen LogP contribution >= 0.6 is 12.4 Å². The van der Waals surface area contributed by atoms with Gasteiger partial charge in [0.2, 0.25) is 11.8 Å². The van der Waals surface area contributed by atoms with Crippen molar-refractivity contribution in [1.82, 2.24) is 20.8 Å². The largest absolute Gasteiger partial charge is 0.352 e. The fraction of sp³-hybridized carbons (Fsp3) is 0.769. The summed E-state index contributed by atoms with van der Waals surface area (Å²) in [5.74, 6) is 1.90. The average Bonchev–Trinajstić information content (AvgIpc) is 2.78. The van der Waals surface area contributed by atoms with Crippen LogP contribution in [0.2, 0.25) is 0 Å². The Bertz CT molecular complexity index is 424. The fourth-order valence-electron chi connectivity index (χ4n) is 2.30. The molecule has 7 heteroatoms. The first-order chi connectivity index (χ1) is 9.15. The second-order valence-corrected chi connectivity index (χ2v) is 5.23. The van der Waals surface area contributed by atoms with Crippen LogP contribution in [-0.4, -0.2) is 35.2 Å². The molecule has 1 aliphatic rings. The normalized spacial score (nSPS) is 22.1. The number of amides is 1. The van der Waals surface area contributed by atoms with Gasteiger partial charge in [0.25, 0.3) is 0 Å². The van der Waals surface area contributed by atoms with Gasteiger partial charge in [0.05, 0.1) is 0 Å². The van der Waals surface area contributed by atoms with Gasteiger partial charge >= 0.3 is 0 Å². The van der Waals surface area contributed by atoms with Gasteiger partial charge in [-0.15, -0.1) is 12.4 Å². The minimum Gasteiger partial charge on any atom is -0.352 e. The summed E-state index contributed by atoms with van der Waals surface area (Å²) >= 11 is 0. The van der Waals surface area contributed by atoms with Crippen LogP contribution in [0.3, 0.4) is 0 Å². The number of hydrogen-bond acceptors (Lipinski definition) is 5. The molecule has 1 aromatic rings. The zero-order chi connectivity index (χ0) is 13.7. The summed E-state index contributed by atoms with van der Waals surface area (Å²) in [5.41, 5.74) is 0. The molecule has 6 nitrogen and oxygen atoms in total. The van der Waals surface area contributed by atoms with Crippen LogP contribution in [0.4, 0.5) is 0 Å². The third kappa shape index (κ3) is 5.09. The highest BCUT2D eigenvalue weighted by molar-refractivity contribution is 5.85. The maximum Gasteiger partial charge on any atom is 0.226 e. The molecule has 2 heterocycles. The Morgan fingerprint density at radius 1 is 1.55 bits per heavy atom. The Morgan fingerprint density at radius 3 is 3.00 bits per heavy atom. The Hall–Kier alpha value is -1.14. The molecule has 1 amide bonds. The molecule has 0 saturated carbocycles. The highest BCUT2D eigenvalue weighted by Crippen LogP contribution is 2.11. The van der Waals surface area contributed by atoms with E-state index in [-0.39, 0.29) is 24.4 Å². The van der Waals surface area contributed by atoms with Crippen LogP contribution in [-0.2, 0) is 11.2 Å². The van der Waals surface area contributed by atoms with Gasteiger partial charge in [0.1, 0.15) is 0 Å². The van der Waals surface area contributed by atoms with Gasteiger partial charge in [-0.25, -0.2) is 0 Å².